The largest absolute Gasteiger partial charge is 0.391 e. The van der Waals surface area contributed by atoms with Crippen LogP contribution in [0.4, 0.5) is 10.1 Å². The average Bonchev–Trinajstić information content (AvgIpc) is 2.68. The van der Waals surface area contributed by atoms with Gasteiger partial charge in [-0.05, 0) is 32.6 Å². The molecule has 1 aromatic carbocycles. The first-order valence-electron chi connectivity index (χ1n) is 6.62. The summed E-state index contributed by atoms with van der Waals surface area (Å²) in [4.78, 5) is 3.98. The van der Waals surface area contributed by atoms with Crippen LogP contribution < -0.4 is 10.6 Å². The van der Waals surface area contributed by atoms with E-state index in [-0.39, 0.29) is 17.4 Å². The molecule has 110 valence electrons. The second kappa shape index (κ2) is 5.76. The Morgan fingerprint density at radius 1 is 1.55 bits per heavy atom. The Morgan fingerprint density at radius 2 is 2.25 bits per heavy atom. The van der Waals surface area contributed by atoms with E-state index in [9.17, 15) is 9.50 Å². The van der Waals surface area contributed by atoms with Gasteiger partial charge in [0.05, 0.1) is 17.4 Å². The number of benzene rings is 1. The molecule has 1 aliphatic rings. The lowest BCUT2D eigenvalue weighted by molar-refractivity contribution is 0.191. The van der Waals surface area contributed by atoms with E-state index in [1.165, 1.54) is 6.07 Å². The molecule has 1 heterocycles. The molecular formula is C14H21FN4O. The van der Waals surface area contributed by atoms with E-state index in [0.717, 1.165) is 6.54 Å². The molecular weight excluding hydrogens is 259 g/mol. The van der Waals surface area contributed by atoms with E-state index in [0.29, 0.717) is 18.7 Å². The van der Waals surface area contributed by atoms with E-state index < -0.39 is 11.9 Å². The monoisotopic (exact) mass is 280 g/mol. The topological polar surface area (TPSA) is 76.6 Å². The van der Waals surface area contributed by atoms with Crippen molar-refractivity contribution in [3.05, 3.63) is 29.6 Å². The van der Waals surface area contributed by atoms with E-state index in [2.05, 4.69) is 0 Å². The van der Waals surface area contributed by atoms with E-state index in [1.807, 2.05) is 23.9 Å². The summed E-state index contributed by atoms with van der Waals surface area (Å²) < 4.78 is 13.9. The van der Waals surface area contributed by atoms with Gasteiger partial charge in [0.15, 0.2) is 0 Å². The van der Waals surface area contributed by atoms with Gasteiger partial charge in [0.1, 0.15) is 11.7 Å². The highest BCUT2D eigenvalue weighted by Gasteiger charge is 2.33. The molecule has 0 radical (unpaired) electrons. The minimum absolute atomic E-state index is 0.0832. The van der Waals surface area contributed by atoms with Crippen LogP contribution in [0.2, 0.25) is 0 Å². The molecule has 20 heavy (non-hydrogen) atoms. The molecule has 0 saturated carbocycles. The van der Waals surface area contributed by atoms with E-state index in [4.69, 9.17) is 11.1 Å². The first-order valence-corrected chi connectivity index (χ1v) is 6.62. The van der Waals surface area contributed by atoms with Crippen LogP contribution in [0.5, 0.6) is 0 Å². The smallest absolute Gasteiger partial charge is 0.136 e. The van der Waals surface area contributed by atoms with Crippen molar-refractivity contribution >= 4 is 11.5 Å². The third kappa shape index (κ3) is 2.91. The predicted octanol–water partition coefficient (Wildman–Crippen LogP) is 0.611. The first kappa shape index (κ1) is 14.7. The molecule has 0 spiro atoms. The van der Waals surface area contributed by atoms with Gasteiger partial charge in [0.25, 0.3) is 0 Å². The van der Waals surface area contributed by atoms with Crippen molar-refractivity contribution in [2.75, 3.05) is 32.1 Å². The van der Waals surface area contributed by atoms with E-state index >= 15 is 0 Å². The van der Waals surface area contributed by atoms with Crippen LogP contribution in [-0.2, 0) is 0 Å². The lowest BCUT2D eigenvalue weighted by atomic mass is 10.1. The Morgan fingerprint density at radius 3 is 2.85 bits per heavy atom. The minimum atomic E-state index is -0.500. The molecule has 2 rings (SSSR count). The average molecular weight is 280 g/mol. The molecule has 1 aromatic rings. The van der Waals surface area contributed by atoms with Crippen LogP contribution in [0.1, 0.15) is 12.0 Å². The number of hydrogen-bond acceptors (Lipinski definition) is 4. The Kier molecular flexibility index (Phi) is 4.25. The number of nitrogens with two attached hydrogens (primary N) is 1. The van der Waals surface area contributed by atoms with Gasteiger partial charge in [0.2, 0.25) is 0 Å². The zero-order valence-corrected chi connectivity index (χ0v) is 11.8. The molecule has 1 saturated heterocycles. The lowest BCUT2D eigenvalue weighted by Crippen LogP contribution is -2.38. The molecule has 5 nitrogen and oxygen atoms in total. The number of nitrogens with zero attached hydrogens (tertiary/aromatic N) is 2. The van der Waals surface area contributed by atoms with Crippen molar-refractivity contribution in [3.63, 3.8) is 0 Å². The Bertz CT molecular complexity index is 506. The highest BCUT2D eigenvalue weighted by Crippen LogP contribution is 2.30. The Hall–Kier alpha value is -1.66. The number of β-amino-alcohol motifs (C(OH)–C–C–N with tert-alkyl or cyclic N) is 1. The molecule has 1 aliphatic heterocycles. The molecule has 2 atom stereocenters. The second-order valence-corrected chi connectivity index (χ2v) is 5.51. The van der Waals surface area contributed by atoms with Crippen molar-refractivity contribution in [1.82, 2.24) is 4.90 Å². The quantitative estimate of drug-likeness (QED) is 0.558. The van der Waals surface area contributed by atoms with Gasteiger partial charge < -0.3 is 20.6 Å². The fourth-order valence-electron chi connectivity index (χ4n) is 2.80. The normalized spacial score (nSPS) is 22.6. The molecule has 0 aliphatic carbocycles. The summed E-state index contributed by atoms with van der Waals surface area (Å²) in [6.45, 7) is 1.19. The summed E-state index contributed by atoms with van der Waals surface area (Å²) in [7, 11) is 3.92. The van der Waals surface area contributed by atoms with Crippen LogP contribution in [0.25, 0.3) is 0 Å². The third-order valence-corrected chi connectivity index (χ3v) is 3.54. The molecule has 0 aromatic heterocycles. The summed E-state index contributed by atoms with van der Waals surface area (Å²) >= 11 is 0. The number of hydrogen-bond donors (Lipinski definition) is 3. The van der Waals surface area contributed by atoms with Gasteiger partial charge >= 0.3 is 0 Å². The highest BCUT2D eigenvalue weighted by molar-refractivity contribution is 6.00. The summed E-state index contributed by atoms with van der Waals surface area (Å²) in [5, 5.41) is 17.5. The maximum absolute atomic E-state index is 13.9. The maximum atomic E-state index is 13.9. The Labute approximate surface area is 118 Å². The third-order valence-electron chi connectivity index (χ3n) is 3.54. The maximum Gasteiger partial charge on any atom is 0.136 e. The Balaban J connectivity index is 2.39. The number of rotatable bonds is 4. The van der Waals surface area contributed by atoms with Gasteiger partial charge in [-0.2, -0.15) is 0 Å². The number of aliphatic hydroxyl groups is 1. The minimum Gasteiger partial charge on any atom is -0.391 e. The lowest BCUT2D eigenvalue weighted by Gasteiger charge is -2.30. The van der Waals surface area contributed by atoms with Crippen LogP contribution >= 0.6 is 0 Å². The fourth-order valence-corrected chi connectivity index (χ4v) is 2.80. The number of likely N-dealkylation sites (N-methyl/N-ethyl adjacent to an activating group) is 1. The van der Waals surface area contributed by atoms with Crippen LogP contribution in [-0.4, -0.2) is 55.2 Å². The summed E-state index contributed by atoms with van der Waals surface area (Å²) in [5.41, 5.74) is 6.21. The summed E-state index contributed by atoms with van der Waals surface area (Å²) in [6.07, 6.45) is 0.189. The van der Waals surface area contributed by atoms with Crippen LogP contribution in [0, 0.1) is 11.2 Å². The second-order valence-electron chi connectivity index (χ2n) is 5.51. The standard InChI is InChI=1S/C14H21FN4O/c1-18(2)7-9-6-10(20)8-19(9)12-5-3-4-11(15)13(12)14(16)17/h3-5,9-10,20H,6-8H2,1-2H3,(H3,16,17). The van der Waals surface area contributed by atoms with Gasteiger partial charge in [-0.1, -0.05) is 6.07 Å². The zero-order chi connectivity index (χ0) is 14.9. The van der Waals surface area contributed by atoms with Crippen molar-refractivity contribution in [3.8, 4) is 0 Å². The van der Waals surface area contributed by atoms with E-state index in [1.54, 1.807) is 12.1 Å². The molecule has 1 fully saturated rings. The van der Waals surface area contributed by atoms with Crippen molar-refractivity contribution < 1.29 is 9.50 Å². The molecule has 6 heteroatoms. The van der Waals surface area contributed by atoms with Crippen LogP contribution in [0.3, 0.4) is 0 Å². The zero-order valence-electron chi connectivity index (χ0n) is 11.8. The molecule has 2 unspecified atom stereocenters. The first-order chi connectivity index (χ1) is 9.40. The van der Waals surface area contributed by atoms with Gasteiger partial charge in [0, 0.05) is 19.1 Å². The highest BCUT2D eigenvalue weighted by atomic mass is 19.1. The van der Waals surface area contributed by atoms with Crippen molar-refractivity contribution in [2.24, 2.45) is 5.73 Å². The van der Waals surface area contributed by atoms with Gasteiger partial charge in [-0.25, -0.2) is 4.39 Å². The van der Waals surface area contributed by atoms with Gasteiger partial charge in [-0.3, -0.25) is 5.41 Å². The number of nitrogens with one attached hydrogen (secondary N) is 1. The molecule has 0 bridgehead atoms. The number of aliphatic hydroxyl groups excluding tert-OH is 1. The number of amidine groups is 1. The van der Waals surface area contributed by atoms with Crippen molar-refractivity contribution in [1.29, 1.82) is 5.41 Å². The SMILES string of the molecule is CN(C)CC1CC(O)CN1c1cccc(F)c1C(=N)N. The number of nitrogen functional groups attached to an aromatic ring is 1. The predicted molar refractivity (Wildman–Crippen MR) is 77.7 cm³/mol. The summed E-state index contributed by atoms with van der Waals surface area (Å²) in [5.74, 6) is -0.789. The molecule has 0 amide bonds. The number of halogens is 1. The van der Waals surface area contributed by atoms with Crippen LogP contribution in [0.15, 0.2) is 18.2 Å². The molecule has 4 N–H and O–H groups in total. The van der Waals surface area contributed by atoms with Gasteiger partial charge in [-0.15, -0.1) is 0 Å². The van der Waals surface area contributed by atoms with Crippen molar-refractivity contribution in [2.45, 2.75) is 18.6 Å². The number of anilines is 1. The summed E-state index contributed by atoms with van der Waals surface area (Å²) in [6, 6.07) is 4.74. The fraction of sp³-hybridized carbons (Fsp3) is 0.500.